The van der Waals surface area contributed by atoms with Gasteiger partial charge in [-0.25, -0.2) is 15.0 Å². The second-order valence-corrected chi connectivity index (χ2v) is 6.98. The first-order chi connectivity index (χ1) is 12.2. The van der Waals surface area contributed by atoms with Gasteiger partial charge in [-0.05, 0) is 24.3 Å². The van der Waals surface area contributed by atoms with E-state index < -0.39 is 0 Å². The summed E-state index contributed by atoms with van der Waals surface area (Å²) in [4.78, 5) is 19.4. The Morgan fingerprint density at radius 1 is 1.24 bits per heavy atom. The maximum atomic E-state index is 9.19. The number of hydrogen-bond donors (Lipinski definition) is 2. The second kappa shape index (κ2) is 6.44. The van der Waals surface area contributed by atoms with Crippen molar-refractivity contribution in [3.63, 3.8) is 0 Å². The molecule has 1 unspecified atom stereocenters. The number of aliphatic hydroxyl groups is 1. The SMILES string of the molecule is CC(C)C1CCCN1c1ncnc2nc(-c3ccc(CO)cc3)[nH]c12. The zero-order valence-electron chi connectivity index (χ0n) is 14.6. The van der Waals surface area contributed by atoms with E-state index in [0.717, 1.165) is 34.8 Å². The zero-order chi connectivity index (χ0) is 17.4. The fraction of sp³-hybridized carbons (Fsp3) is 0.421. The molecule has 1 atom stereocenters. The molecule has 1 aromatic carbocycles. The number of aliphatic hydroxyl groups excluding tert-OH is 1. The molecule has 0 saturated carbocycles. The van der Waals surface area contributed by atoms with Crippen LogP contribution in [0.15, 0.2) is 30.6 Å². The number of imidazole rings is 1. The van der Waals surface area contributed by atoms with Crippen LogP contribution in [0, 0.1) is 5.92 Å². The Hall–Kier alpha value is -2.47. The number of benzene rings is 1. The first-order valence-electron chi connectivity index (χ1n) is 8.85. The van der Waals surface area contributed by atoms with E-state index in [1.807, 2.05) is 24.3 Å². The van der Waals surface area contributed by atoms with Gasteiger partial charge in [0.25, 0.3) is 0 Å². The predicted octanol–water partition coefficient (Wildman–Crippen LogP) is 3.14. The molecule has 1 aliphatic rings. The fourth-order valence-electron chi connectivity index (χ4n) is 3.69. The smallest absolute Gasteiger partial charge is 0.183 e. The number of nitrogens with one attached hydrogen (secondary N) is 1. The van der Waals surface area contributed by atoms with Crippen molar-refractivity contribution in [2.24, 2.45) is 5.92 Å². The Morgan fingerprint density at radius 2 is 2.04 bits per heavy atom. The van der Waals surface area contributed by atoms with Gasteiger partial charge in [0.15, 0.2) is 11.5 Å². The van der Waals surface area contributed by atoms with Crippen LogP contribution in [0.5, 0.6) is 0 Å². The van der Waals surface area contributed by atoms with Crippen LogP contribution in [0.3, 0.4) is 0 Å². The van der Waals surface area contributed by atoms with Crippen molar-refractivity contribution in [3.8, 4) is 11.4 Å². The third-order valence-electron chi connectivity index (χ3n) is 5.02. The topological polar surface area (TPSA) is 77.9 Å². The van der Waals surface area contributed by atoms with E-state index in [2.05, 4.69) is 38.7 Å². The highest BCUT2D eigenvalue weighted by Gasteiger charge is 2.30. The van der Waals surface area contributed by atoms with E-state index in [0.29, 0.717) is 17.6 Å². The van der Waals surface area contributed by atoms with E-state index >= 15 is 0 Å². The molecule has 25 heavy (non-hydrogen) atoms. The summed E-state index contributed by atoms with van der Waals surface area (Å²) in [5, 5.41) is 9.19. The van der Waals surface area contributed by atoms with Crippen LogP contribution in [0.25, 0.3) is 22.6 Å². The summed E-state index contributed by atoms with van der Waals surface area (Å²) < 4.78 is 0. The van der Waals surface area contributed by atoms with Gasteiger partial charge in [0.05, 0.1) is 6.61 Å². The lowest BCUT2D eigenvalue weighted by Crippen LogP contribution is -2.34. The number of hydrogen-bond acceptors (Lipinski definition) is 5. The van der Waals surface area contributed by atoms with E-state index in [9.17, 15) is 5.11 Å². The number of H-pyrrole nitrogens is 1. The summed E-state index contributed by atoms with van der Waals surface area (Å²) in [7, 11) is 0. The number of aromatic amines is 1. The predicted molar refractivity (Wildman–Crippen MR) is 98.2 cm³/mol. The van der Waals surface area contributed by atoms with Crippen LogP contribution in [0.2, 0.25) is 0 Å². The minimum absolute atomic E-state index is 0.0432. The van der Waals surface area contributed by atoms with Crippen molar-refractivity contribution in [1.82, 2.24) is 19.9 Å². The summed E-state index contributed by atoms with van der Waals surface area (Å²) >= 11 is 0. The highest BCUT2D eigenvalue weighted by Crippen LogP contribution is 2.32. The molecular weight excluding hydrogens is 314 g/mol. The molecule has 2 N–H and O–H groups in total. The zero-order valence-corrected chi connectivity index (χ0v) is 14.6. The molecule has 1 saturated heterocycles. The summed E-state index contributed by atoms with van der Waals surface area (Å²) in [6.45, 7) is 5.60. The van der Waals surface area contributed by atoms with E-state index in [1.54, 1.807) is 6.33 Å². The van der Waals surface area contributed by atoms with Crippen molar-refractivity contribution in [1.29, 1.82) is 0 Å². The molecule has 130 valence electrons. The molecule has 1 aliphatic heterocycles. The van der Waals surface area contributed by atoms with Crippen molar-refractivity contribution in [2.75, 3.05) is 11.4 Å². The maximum Gasteiger partial charge on any atom is 0.183 e. The summed E-state index contributed by atoms with van der Waals surface area (Å²) in [6, 6.07) is 8.25. The molecule has 2 aromatic heterocycles. The lowest BCUT2D eigenvalue weighted by Gasteiger charge is -2.28. The van der Waals surface area contributed by atoms with Crippen LogP contribution >= 0.6 is 0 Å². The van der Waals surface area contributed by atoms with Crippen LogP contribution in [-0.4, -0.2) is 37.6 Å². The largest absolute Gasteiger partial charge is 0.392 e. The molecule has 0 spiro atoms. The van der Waals surface area contributed by atoms with E-state index in [-0.39, 0.29) is 6.61 Å². The van der Waals surface area contributed by atoms with E-state index in [4.69, 9.17) is 0 Å². The van der Waals surface area contributed by atoms with Gasteiger partial charge >= 0.3 is 0 Å². The highest BCUT2D eigenvalue weighted by atomic mass is 16.3. The van der Waals surface area contributed by atoms with Crippen molar-refractivity contribution in [2.45, 2.75) is 39.3 Å². The minimum atomic E-state index is 0.0432. The van der Waals surface area contributed by atoms with Crippen molar-refractivity contribution >= 4 is 17.0 Å². The Kier molecular flexibility index (Phi) is 4.13. The molecule has 4 rings (SSSR count). The second-order valence-electron chi connectivity index (χ2n) is 6.98. The molecule has 0 bridgehead atoms. The molecule has 6 nitrogen and oxygen atoms in total. The number of rotatable bonds is 4. The van der Waals surface area contributed by atoms with Crippen molar-refractivity contribution < 1.29 is 5.11 Å². The molecule has 3 heterocycles. The van der Waals surface area contributed by atoms with Gasteiger partial charge in [-0.1, -0.05) is 38.1 Å². The van der Waals surface area contributed by atoms with E-state index in [1.165, 1.54) is 12.8 Å². The first kappa shape index (κ1) is 16.0. The van der Waals surface area contributed by atoms with Crippen molar-refractivity contribution in [3.05, 3.63) is 36.2 Å². The highest BCUT2D eigenvalue weighted by molar-refractivity contribution is 5.86. The number of nitrogens with zero attached hydrogens (tertiary/aromatic N) is 4. The summed E-state index contributed by atoms with van der Waals surface area (Å²) in [5.41, 5.74) is 3.46. The lowest BCUT2D eigenvalue weighted by molar-refractivity contribution is 0.282. The average Bonchev–Trinajstić information content (AvgIpc) is 3.28. The molecule has 0 aliphatic carbocycles. The quantitative estimate of drug-likeness (QED) is 0.765. The molecule has 1 fully saturated rings. The normalized spacial score (nSPS) is 17.8. The van der Waals surface area contributed by atoms with Crippen LogP contribution in [-0.2, 0) is 6.61 Å². The Morgan fingerprint density at radius 3 is 2.76 bits per heavy atom. The van der Waals surface area contributed by atoms with Gasteiger partial charge in [0, 0.05) is 18.2 Å². The summed E-state index contributed by atoms with van der Waals surface area (Å²) in [5.74, 6) is 2.31. The van der Waals surface area contributed by atoms with Gasteiger partial charge in [-0.3, -0.25) is 0 Å². The van der Waals surface area contributed by atoms with Crippen LogP contribution in [0.4, 0.5) is 5.82 Å². The minimum Gasteiger partial charge on any atom is -0.392 e. The van der Waals surface area contributed by atoms with Crippen LogP contribution < -0.4 is 4.90 Å². The lowest BCUT2D eigenvalue weighted by atomic mass is 10.0. The Labute approximate surface area is 147 Å². The third kappa shape index (κ3) is 2.87. The Bertz CT molecular complexity index is 871. The number of anilines is 1. The molecule has 3 aromatic rings. The monoisotopic (exact) mass is 337 g/mol. The first-order valence-corrected chi connectivity index (χ1v) is 8.85. The molecule has 0 amide bonds. The number of fused-ring (bicyclic) bond motifs is 1. The molecule has 0 radical (unpaired) electrons. The van der Waals surface area contributed by atoms with Gasteiger partial charge in [-0.15, -0.1) is 0 Å². The number of aromatic nitrogens is 4. The third-order valence-corrected chi connectivity index (χ3v) is 5.02. The van der Waals surface area contributed by atoms with Crippen LogP contribution in [0.1, 0.15) is 32.3 Å². The fourth-order valence-corrected chi connectivity index (χ4v) is 3.69. The van der Waals surface area contributed by atoms with Gasteiger partial charge in [-0.2, -0.15) is 0 Å². The van der Waals surface area contributed by atoms with Gasteiger partial charge in [0.2, 0.25) is 0 Å². The molecular formula is C19H23N5O. The maximum absolute atomic E-state index is 9.19. The summed E-state index contributed by atoms with van der Waals surface area (Å²) in [6.07, 6.45) is 4.00. The van der Waals surface area contributed by atoms with Gasteiger partial charge < -0.3 is 15.0 Å². The van der Waals surface area contributed by atoms with Gasteiger partial charge in [0.1, 0.15) is 17.7 Å². The molecule has 6 heteroatoms. The average molecular weight is 337 g/mol. The Balaban J connectivity index is 1.76. The standard InChI is InChI=1S/C19H23N5O/c1-12(2)15-4-3-9-24(15)19-16-18(20-11-21-19)23-17(22-16)14-7-5-13(10-25)6-8-14/h5-8,11-12,15,25H,3-4,9-10H2,1-2H3,(H,20,21,22,23).